The normalized spacial score (nSPS) is 10.9. The molecule has 0 saturated heterocycles. The van der Waals surface area contributed by atoms with Gasteiger partial charge in [0.05, 0.1) is 16.8 Å². The number of aromatic nitrogens is 1. The van der Waals surface area contributed by atoms with Gasteiger partial charge < -0.3 is 0 Å². The minimum absolute atomic E-state index is 0.0486. The van der Waals surface area contributed by atoms with Crippen LogP contribution in [0.4, 0.5) is 10.8 Å². The Morgan fingerprint density at radius 1 is 1.25 bits per heavy atom. The van der Waals surface area contributed by atoms with Crippen molar-refractivity contribution in [3.05, 3.63) is 75.2 Å². The smallest absolute Gasteiger partial charge is 0.258 e. The number of hydrogen-bond donors (Lipinski definition) is 1. The third-order valence-electron chi connectivity index (χ3n) is 3.27. The molecule has 120 valence electrons. The third-order valence-corrected chi connectivity index (χ3v) is 4.02. The van der Waals surface area contributed by atoms with E-state index in [1.54, 1.807) is 18.3 Å². The Morgan fingerprint density at radius 2 is 2.08 bits per heavy atom. The van der Waals surface area contributed by atoms with Crippen molar-refractivity contribution in [2.24, 2.45) is 5.10 Å². The molecule has 24 heavy (non-hydrogen) atoms. The van der Waals surface area contributed by atoms with E-state index < -0.39 is 4.92 Å². The SMILES string of the molecule is Cc1cccc(/C=N\Nc2nc(-c3cccc([N+](=O)[O-])c3)cs2)c1. The van der Waals surface area contributed by atoms with Gasteiger partial charge in [-0.15, -0.1) is 11.3 Å². The monoisotopic (exact) mass is 338 g/mol. The Balaban J connectivity index is 1.72. The second kappa shape index (κ2) is 7.01. The van der Waals surface area contributed by atoms with Gasteiger partial charge in [0.25, 0.3) is 5.69 Å². The summed E-state index contributed by atoms with van der Waals surface area (Å²) >= 11 is 1.39. The number of nitrogens with zero attached hydrogens (tertiary/aromatic N) is 3. The first-order valence-electron chi connectivity index (χ1n) is 7.18. The van der Waals surface area contributed by atoms with Gasteiger partial charge in [-0.1, -0.05) is 42.0 Å². The Hall–Kier alpha value is -3.06. The highest BCUT2D eigenvalue weighted by Gasteiger charge is 2.09. The molecule has 0 aliphatic carbocycles. The van der Waals surface area contributed by atoms with Gasteiger partial charge in [0.15, 0.2) is 0 Å². The predicted molar refractivity (Wildman–Crippen MR) is 96.6 cm³/mol. The van der Waals surface area contributed by atoms with Gasteiger partial charge in [-0.05, 0) is 12.5 Å². The maximum absolute atomic E-state index is 10.8. The molecule has 0 fully saturated rings. The van der Waals surface area contributed by atoms with Crippen molar-refractivity contribution in [2.75, 3.05) is 5.43 Å². The quantitative estimate of drug-likeness (QED) is 0.423. The topological polar surface area (TPSA) is 80.4 Å². The van der Waals surface area contributed by atoms with Gasteiger partial charge >= 0.3 is 0 Å². The predicted octanol–water partition coefficient (Wildman–Crippen LogP) is 4.47. The zero-order valence-electron chi connectivity index (χ0n) is 12.8. The summed E-state index contributed by atoms with van der Waals surface area (Å²) in [6.07, 6.45) is 1.72. The lowest BCUT2D eigenvalue weighted by Gasteiger charge is -1.97. The molecule has 0 radical (unpaired) electrons. The molecule has 1 heterocycles. The average Bonchev–Trinajstić information content (AvgIpc) is 3.04. The van der Waals surface area contributed by atoms with Crippen LogP contribution >= 0.6 is 11.3 Å². The van der Waals surface area contributed by atoms with Crippen molar-refractivity contribution < 1.29 is 4.92 Å². The number of nitrogens with one attached hydrogen (secondary N) is 1. The van der Waals surface area contributed by atoms with E-state index in [0.29, 0.717) is 16.4 Å². The Bertz CT molecular complexity index is 905. The zero-order valence-corrected chi connectivity index (χ0v) is 13.7. The molecule has 0 spiro atoms. The molecule has 0 saturated carbocycles. The third kappa shape index (κ3) is 3.82. The van der Waals surface area contributed by atoms with E-state index in [2.05, 4.69) is 15.5 Å². The number of aryl methyl sites for hydroxylation is 1. The highest BCUT2D eigenvalue weighted by molar-refractivity contribution is 7.14. The van der Waals surface area contributed by atoms with Crippen LogP contribution in [-0.2, 0) is 0 Å². The minimum atomic E-state index is -0.416. The minimum Gasteiger partial charge on any atom is -0.258 e. The lowest BCUT2D eigenvalue weighted by molar-refractivity contribution is -0.384. The van der Waals surface area contributed by atoms with Crippen molar-refractivity contribution in [3.8, 4) is 11.3 Å². The maximum atomic E-state index is 10.8. The van der Waals surface area contributed by atoms with E-state index in [-0.39, 0.29) is 5.69 Å². The fourth-order valence-corrected chi connectivity index (χ4v) is 2.82. The number of rotatable bonds is 5. The summed E-state index contributed by atoms with van der Waals surface area (Å²) < 4.78 is 0. The van der Waals surface area contributed by atoms with Gasteiger partial charge in [-0.2, -0.15) is 5.10 Å². The molecule has 0 amide bonds. The molecule has 0 unspecified atom stereocenters. The highest BCUT2D eigenvalue weighted by atomic mass is 32.1. The number of benzene rings is 2. The van der Waals surface area contributed by atoms with Crippen LogP contribution in [-0.4, -0.2) is 16.1 Å². The molecule has 7 heteroatoms. The Labute approximate surface area is 142 Å². The van der Waals surface area contributed by atoms with Crippen LogP contribution in [0.5, 0.6) is 0 Å². The summed E-state index contributed by atoms with van der Waals surface area (Å²) in [5.74, 6) is 0. The van der Waals surface area contributed by atoms with Crippen LogP contribution in [0.2, 0.25) is 0 Å². The Morgan fingerprint density at radius 3 is 2.88 bits per heavy atom. The summed E-state index contributed by atoms with van der Waals surface area (Å²) in [5, 5.41) is 17.5. The van der Waals surface area contributed by atoms with Crippen molar-refractivity contribution >= 4 is 28.4 Å². The molecule has 0 bridgehead atoms. The van der Waals surface area contributed by atoms with E-state index in [0.717, 1.165) is 5.56 Å². The summed E-state index contributed by atoms with van der Waals surface area (Å²) in [4.78, 5) is 14.8. The van der Waals surface area contributed by atoms with Crippen LogP contribution in [0.25, 0.3) is 11.3 Å². The number of non-ortho nitro benzene ring substituents is 1. The van der Waals surface area contributed by atoms with Crippen LogP contribution in [0.3, 0.4) is 0 Å². The summed E-state index contributed by atoms with van der Waals surface area (Å²) in [5.41, 5.74) is 6.48. The fraction of sp³-hybridized carbons (Fsp3) is 0.0588. The number of nitro benzene ring substituents is 1. The van der Waals surface area contributed by atoms with Crippen LogP contribution in [0, 0.1) is 17.0 Å². The molecule has 1 aromatic heterocycles. The van der Waals surface area contributed by atoms with Gasteiger partial charge in [0.1, 0.15) is 0 Å². The van der Waals surface area contributed by atoms with E-state index in [1.165, 1.54) is 29.0 Å². The van der Waals surface area contributed by atoms with Gasteiger partial charge in [-0.3, -0.25) is 15.5 Å². The summed E-state index contributed by atoms with van der Waals surface area (Å²) in [6, 6.07) is 14.4. The molecule has 6 nitrogen and oxygen atoms in total. The molecular weight excluding hydrogens is 324 g/mol. The fourth-order valence-electron chi connectivity index (χ4n) is 2.15. The summed E-state index contributed by atoms with van der Waals surface area (Å²) in [6.45, 7) is 2.02. The van der Waals surface area contributed by atoms with E-state index >= 15 is 0 Å². The van der Waals surface area contributed by atoms with Crippen molar-refractivity contribution in [1.82, 2.24) is 4.98 Å². The molecule has 0 aliphatic heterocycles. The lowest BCUT2D eigenvalue weighted by atomic mass is 10.1. The largest absolute Gasteiger partial charge is 0.270 e. The number of thiazole rings is 1. The van der Waals surface area contributed by atoms with E-state index in [9.17, 15) is 10.1 Å². The van der Waals surface area contributed by atoms with Crippen molar-refractivity contribution in [3.63, 3.8) is 0 Å². The molecular formula is C17H14N4O2S. The number of anilines is 1. The zero-order chi connectivity index (χ0) is 16.9. The van der Waals surface area contributed by atoms with Crippen molar-refractivity contribution in [2.45, 2.75) is 6.92 Å². The lowest BCUT2D eigenvalue weighted by Crippen LogP contribution is -1.91. The second-order valence-corrected chi connectivity index (χ2v) is 5.99. The number of hydrogen-bond acceptors (Lipinski definition) is 6. The second-order valence-electron chi connectivity index (χ2n) is 5.13. The molecule has 0 atom stereocenters. The standard InChI is InChI=1S/C17H14N4O2S/c1-12-4-2-5-13(8-12)10-18-20-17-19-16(11-24-17)14-6-3-7-15(9-14)21(22)23/h2-11H,1H3,(H,19,20)/b18-10-. The maximum Gasteiger partial charge on any atom is 0.270 e. The first-order chi connectivity index (χ1) is 11.6. The van der Waals surface area contributed by atoms with Gasteiger partial charge in [-0.25, -0.2) is 4.98 Å². The molecule has 3 aromatic rings. The highest BCUT2D eigenvalue weighted by Crippen LogP contribution is 2.27. The van der Waals surface area contributed by atoms with Gasteiger partial charge in [0.2, 0.25) is 5.13 Å². The number of hydrazone groups is 1. The van der Waals surface area contributed by atoms with E-state index in [1.807, 2.05) is 36.6 Å². The van der Waals surface area contributed by atoms with E-state index in [4.69, 9.17) is 0 Å². The molecule has 3 rings (SSSR count). The summed E-state index contributed by atoms with van der Waals surface area (Å²) in [7, 11) is 0. The Kier molecular flexibility index (Phi) is 4.62. The first kappa shape index (κ1) is 15.8. The van der Waals surface area contributed by atoms with Crippen LogP contribution in [0.15, 0.2) is 59.0 Å². The van der Waals surface area contributed by atoms with Crippen LogP contribution < -0.4 is 5.43 Å². The molecule has 2 aromatic carbocycles. The molecule has 1 N–H and O–H groups in total. The number of nitro groups is 1. The van der Waals surface area contributed by atoms with Crippen LogP contribution in [0.1, 0.15) is 11.1 Å². The van der Waals surface area contributed by atoms with Crippen molar-refractivity contribution in [1.29, 1.82) is 0 Å². The van der Waals surface area contributed by atoms with Gasteiger partial charge in [0, 0.05) is 23.1 Å². The molecule has 0 aliphatic rings. The first-order valence-corrected chi connectivity index (χ1v) is 8.06. The average molecular weight is 338 g/mol.